The molecule has 1 fully saturated rings. The maximum atomic E-state index is 4.05. The molecular weight excluding hydrogens is 190 g/mol. The van der Waals surface area contributed by atoms with Crippen LogP contribution in [0.3, 0.4) is 0 Å². The van der Waals surface area contributed by atoms with Crippen molar-refractivity contribution in [1.82, 2.24) is 0 Å². The lowest BCUT2D eigenvalue weighted by Crippen LogP contribution is -2.36. The van der Waals surface area contributed by atoms with Crippen molar-refractivity contribution in [3.05, 3.63) is 24.4 Å². The molecule has 1 heterocycles. The van der Waals surface area contributed by atoms with Crippen LogP contribution in [0.5, 0.6) is 0 Å². The number of hydrogen-bond donors (Lipinski definition) is 0. The first-order valence-corrected chi connectivity index (χ1v) is 6.39. The van der Waals surface area contributed by atoms with Crippen molar-refractivity contribution in [2.24, 2.45) is 0 Å². The normalized spacial score (nSPS) is 18.4. The number of hydrogen-bond acceptors (Lipinski definition) is 2. The topological polar surface area (TPSA) is 3.24 Å². The summed E-state index contributed by atoms with van der Waals surface area (Å²) in [4.78, 5) is 2.48. The number of thiophene rings is 1. The minimum atomic E-state index is 0.750. The Bertz CT molecular complexity index is 249. The molecule has 77 valence electrons. The van der Waals surface area contributed by atoms with Crippen molar-refractivity contribution in [3.63, 3.8) is 0 Å². The van der Waals surface area contributed by atoms with Crippen molar-refractivity contribution in [2.45, 2.75) is 38.1 Å². The highest BCUT2D eigenvalue weighted by molar-refractivity contribution is 7.14. The van der Waals surface area contributed by atoms with Gasteiger partial charge in [-0.15, -0.1) is 11.3 Å². The molecule has 1 saturated carbocycles. The fourth-order valence-corrected chi connectivity index (χ4v) is 3.13. The zero-order valence-corrected chi connectivity index (χ0v) is 9.43. The number of anilines is 1. The van der Waals surface area contributed by atoms with Crippen molar-refractivity contribution >= 4 is 16.3 Å². The van der Waals surface area contributed by atoms with Gasteiger partial charge >= 0.3 is 0 Å². The van der Waals surface area contributed by atoms with Crippen LogP contribution in [0.4, 0.5) is 5.00 Å². The van der Waals surface area contributed by atoms with Gasteiger partial charge in [0.25, 0.3) is 0 Å². The van der Waals surface area contributed by atoms with Crippen molar-refractivity contribution in [1.29, 1.82) is 0 Å². The molecule has 1 radical (unpaired) electrons. The lowest BCUT2D eigenvalue weighted by molar-refractivity contribution is 0.422. The SMILES string of the molecule is [CH2]CN(c1cccs1)C1CCCCC1. The predicted octanol–water partition coefficient (Wildman–Crippen LogP) is 3.72. The Kier molecular flexibility index (Phi) is 3.46. The molecule has 2 heteroatoms. The predicted molar refractivity (Wildman–Crippen MR) is 63.9 cm³/mol. The Balaban J connectivity index is 2.04. The van der Waals surface area contributed by atoms with Gasteiger partial charge < -0.3 is 4.90 Å². The van der Waals surface area contributed by atoms with E-state index in [1.165, 1.54) is 37.1 Å². The van der Waals surface area contributed by atoms with E-state index in [4.69, 9.17) is 0 Å². The van der Waals surface area contributed by atoms with Gasteiger partial charge in [-0.1, -0.05) is 19.3 Å². The van der Waals surface area contributed by atoms with E-state index >= 15 is 0 Å². The Morgan fingerprint density at radius 1 is 1.36 bits per heavy atom. The third kappa shape index (κ3) is 2.11. The molecule has 0 unspecified atom stereocenters. The number of rotatable bonds is 3. The van der Waals surface area contributed by atoms with E-state index in [0.717, 1.165) is 12.6 Å². The third-order valence-electron chi connectivity index (χ3n) is 3.05. The molecule has 0 N–H and O–H groups in total. The van der Waals surface area contributed by atoms with Gasteiger partial charge in [0.2, 0.25) is 0 Å². The summed E-state index contributed by atoms with van der Waals surface area (Å²) >= 11 is 1.84. The molecule has 0 atom stereocenters. The van der Waals surface area contributed by atoms with Crippen molar-refractivity contribution < 1.29 is 0 Å². The van der Waals surface area contributed by atoms with E-state index < -0.39 is 0 Å². The van der Waals surface area contributed by atoms with Gasteiger partial charge in [-0.05, 0) is 37.3 Å². The Morgan fingerprint density at radius 2 is 2.14 bits per heavy atom. The lowest BCUT2D eigenvalue weighted by atomic mass is 9.94. The lowest BCUT2D eigenvalue weighted by Gasteiger charge is -2.34. The second-order valence-corrected chi connectivity index (χ2v) is 4.86. The van der Waals surface area contributed by atoms with E-state index in [2.05, 4.69) is 29.3 Å². The maximum Gasteiger partial charge on any atom is 0.0910 e. The first kappa shape index (κ1) is 10.0. The summed E-state index contributed by atoms with van der Waals surface area (Å²) in [5.74, 6) is 0. The molecule has 0 spiro atoms. The minimum absolute atomic E-state index is 0.750. The highest BCUT2D eigenvalue weighted by Gasteiger charge is 2.20. The summed E-state index contributed by atoms with van der Waals surface area (Å²) in [5.41, 5.74) is 0. The molecule has 0 amide bonds. The molecular formula is C12H18NS. The van der Waals surface area contributed by atoms with E-state index in [-0.39, 0.29) is 0 Å². The van der Waals surface area contributed by atoms with Crippen LogP contribution >= 0.6 is 11.3 Å². The summed E-state index contributed by atoms with van der Waals surface area (Å²) in [6.07, 6.45) is 6.92. The molecule has 0 saturated heterocycles. The summed E-state index contributed by atoms with van der Waals surface area (Å²) in [6, 6.07) is 5.09. The molecule has 1 aromatic rings. The molecule has 0 bridgehead atoms. The average molecular weight is 208 g/mol. The Morgan fingerprint density at radius 3 is 2.71 bits per heavy atom. The summed E-state index contributed by atoms with van der Waals surface area (Å²) in [6.45, 7) is 4.96. The Hall–Kier alpha value is -0.500. The molecule has 1 aliphatic carbocycles. The van der Waals surface area contributed by atoms with Crippen LogP contribution in [0.2, 0.25) is 0 Å². The fraction of sp³-hybridized carbons (Fsp3) is 0.583. The molecule has 0 aliphatic heterocycles. The van der Waals surface area contributed by atoms with E-state index in [1.54, 1.807) is 0 Å². The van der Waals surface area contributed by atoms with E-state index in [9.17, 15) is 0 Å². The van der Waals surface area contributed by atoms with Gasteiger partial charge in [0.15, 0.2) is 0 Å². The second kappa shape index (κ2) is 4.83. The highest BCUT2D eigenvalue weighted by Crippen LogP contribution is 2.29. The van der Waals surface area contributed by atoms with Gasteiger partial charge in [0.05, 0.1) is 5.00 Å². The van der Waals surface area contributed by atoms with Gasteiger partial charge in [-0.3, -0.25) is 0 Å². The maximum absolute atomic E-state index is 4.05. The van der Waals surface area contributed by atoms with E-state index in [0.29, 0.717) is 0 Å². The molecule has 1 nitrogen and oxygen atoms in total. The quantitative estimate of drug-likeness (QED) is 0.731. The van der Waals surface area contributed by atoms with Crippen LogP contribution in [-0.4, -0.2) is 12.6 Å². The minimum Gasteiger partial charge on any atom is -0.360 e. The second-order valence-electron chi connectivity index (χ2n) is 3.94. The molecule has 0 aromatic carbocycles. The van der Waals surface area contributed by atoms with Crippen LogP contribution in [0.25, 0.3) is 0 Å². The summed E-state index contributed by atoms with van der Waals surface area (Å²) < 4.78 is 0. The van der Waals surface area contributed by atoms with Gasteiger partial charge in [0, 0.05) is 12.6 Å². The largest absolute Gasteiger partial charge is 0.360 e. The molecule has 2 rings (SSSR count). The van der Waals surface area contributed by atoms with Crippen molar-refractivity contribution in [2.75, 3.05) is 11.4 Å². The zero-order valence-electron chi connectivity index (χ0n) is 8.61. The molecule has 1 aromatic heterocycles. The average Bonchev–Trinajstić information content (AvgIpc) is 2.74. The monoisotopic (exact) mass is 208 g/mol. The first-order valence-electron chi connectivity index (χ1n) is 5.51. The van der Waals surface area contributed by atoms with Crippen LogP contribution in [0.1, 0.15) is 32.1 Å². The van der Waals surface area contributed by atoms with E-state index in [1.807, 2.05) is 11.3 Å². The van der Waals surface area contributed by atoms with Crippen LogP contribution in [0.15, 0.2) is 17.5 Å². The summed E-state index contributed by atoms with van der Waals surface area (Å²) in [7, 11) is 0. The van der Waals surface area contributed by atoms with Gasteiger partial charge in [0.1, 0.15) is 0 Å². The van der Waals surface area contributed by atoms with Gasteiger partial charge in [-0.25, -0.2) is 0 Å². The van der Waals surface area contributed by atoms with Crippen LogP contribution in [-0.2, 0) is 0 Å². The van der Waals surface area contributed by atoms with Crippen molar-refractivity contribution in [3.8, 4) is 0 Å². The fourth-order valence-electron chi connectivity index (χ4n) is 2.30. The highest BCUT2D eigenvalue weighted by atomic mass is 32.1. The standard InChI is InChI=1S/C12H18NS/c1-2-13(12-9-6-10-14-12)11-7-4-3-5-8-11/h6,9-11H,1-5,7-8H2. The van der Waals surface area contributed by atoms with Crippen LogP contribution < -0.4 is 4.90 Å². The third-order valence-corrected chi connectivity index (χ3v) is 3.95. The molecule has 14 heavy (non-hydrogen) atoms. The first-order chi connectivity index (χ1) is 6.92. The smallest absolute Gasteiger partial charge is 0.0910 e. The zero-order chi connectivity index (χ0) is 9.80. The van der Waals surface area contributed by atoms with Crippen LogP contribution in [0, 0.1) is 6.92 Å². The Labute approximate surface area is 90.7 Å². The molecule has 1 aliphatic rings. The van der Waals surface area contributed by atoms with Gasteiger partial charge in [-0.2, -0.15) is 0 Å². The summed E-state index contributed by atoms with van der Waals surface area (Å²) in [5, 5.41) is 3.55. The number of nitrogens with zero attached hydrogens (tertiary/aromatic N) is 1.